The van der Waals surface area contributed by atoms with Crippen molar-refractivity contribution in [3.8, 4) is 0 Å². The van der Waals surface area contributed by atoms with E-state index in [2.05, 4.69) is 21.2 Å². The molecule has 3 nitrogen and oxygen atoms in total. The smallest absolute Gasteiger partial charge is 0.151 e. The van der Waals surface area contributed by atoms with Gasteiger partial charge in [-0.25, -0.2) is 12.8 Å². The Hall–Kier alpha value is -0.460. The van der Waals surface area contributed by atoms with Gasteiger partial charge in [0.05, 0.1) is 16.0 Å². The lowest BCUT2D eigenvalue weighted by Crippen LogP contribution is -2.29. The molecule has 0 aliphatic carbocycles. The van der Waals surface area contributed by atoms with Crippen LogP contribution in [0.1, 0.15) is 12.0 Å². The fourth-order valence-corrected chi connectivity index (χ4v) is 4.01. The number of rotatable bonds is 3. The Kier molecular flexibility index (Phi) is 3.85. The topological polar surface area (TPSA) is 46.2 Å². The Balaban J connectivity index is 1.97. The number of halogens is 2. The van der Waals surface area contributed by atoms with Crippen molar-refractivity contribution in [3.63, 3.8) is 0 Å². The van der Waals surface area contributed by atoms with Crippen LogP contribution in [0.5, 0.6) is 0 Å². The van der Waals surface area contributed by atoms with E-state index in [-0.39, 0.29) is 23.4 Å². The molecule has 0 spiro atoms. The molecule has 1 fully saturated rings. The summed E-state index contributed by atoms with van der Waals surface area (Å²) >= 11 is 3.18. The Labute approximate surface area is 108 Å². The third-order valence-corrected chi connectivity index (χ3v) is 5.50. The van der Waals surface area contributed by atoms with Crippen molar-refractivity contribution in [1.29, 1.82) is 0 Å². The highest BCUT2D eigenvalue weighted by Crippen LogP contribution is 2.21. The maximum atomic E-state index is 13.2. The highest BCUT2D eigenvalue weighted by Gasteiger charge is 2.27. The van der Waals surface area contributed by atoms with Crippen LogP contribution < -0.4 is 5.32 Å². The minimum absolute atomic E-state index is 0.0184. The second-order valence-electron chi connectivity index (χ2n) is 4.19. The van der Waals surface area contributed by atoms with Crippen molar-refractivity contribution in [2.45, 2.75) is 19.0 Å². The largest absolute Gasteiger partial charge is 0.309 e. The monoisotopic (exact) mass is 321 g/mol. The molecule has 6 heteroatoms. The summed E-state index contributed by atoms with van der Waals surface area (Å²) in [5.74, 6) is 0.123. The number of hydrogen-bond acceptors (Lipinski definition) is 3. The van der Waals surface area contributed by atoms with E-state index < -0.39 is 9.84 Å². The van der Waals surface area contributed by atoms with E-state index in [1.165, 1.54) is 6.07 Å². The zero-order valence-corrected chi connectivity index (χ0v) is 11.5. The molecule has 0 bridgehead atoms. The minimum Gasteiger partial charge on any atom is -0.309 e. The Morgan fingerprint density at radius 1 is 1.47 bits per heavy atom. The van der Waals surface area contributed by atoms with Gasteiger partial charge in [-0.2, -0.15) is 0 Å². The van der Waals surface area contributed by atoms with E-state index in [1.54, 1.807) is 6.07 Å². The molecule has 0 aromatic heterocycles. The van der Waals surface area contributed by atoms with Gasteiger partial charge in [0.15, 0.2) is 9.84 Å². The predicted molar refractivity (Wildman–Crippen MR) is 68.0 cm³/mol. The zero-order valence-electron chi connectivity index (χ0n) is 9.12. The Bertz CT molecular complexity index is 518. The van der Waals surface area contributed by atoms with Gasteiger partial charge in [0.2, 0.25) is 0 Å². The average molecular weight is 322 g/mol. The summed E-state index contributed by atoms with van der Waals surface area (Å²) in [6.45, 7) is 0.471. The molecule has 1 unspecified atom stereocenters. The van der Waals surface area contributed by atoms with Gasteiger partial charge in [0, 0.05) is 12.6 Å². The molecule has 1 aliphatic heterocycles. The summed E-state index contributed by atoms with van der Waals surface area (Å²) in [6, 6.07) is 4.81. The molecular formula is C11H13BrFNO2S. The van der Waals surface area contributed by atoms with E-state index in [0.717, 1.165) is 5.56 Å². The molecule has 1 saturated heterocycles. The zero-order chi connectivity index (χ0) is 12.5. The fraction of sp³-hybridized carbons (Fsp3) is 0.455. The van der Waals surface area contributed by atoms with Crippen LogP contribution in [0.15, 0.2) is 22.7 Å². The van der Waals surface area contributed by atoms with Gasteiger partial charge < -0.3 is 5.32 Å². The third kappa shape index (κ3) is 3.26. The molecule has 1 aromatic carbocycles. The molecule has 0 amide bonds. The van der Waals surface area contributed by atoms with Gasteiger partial charge in [-0.1, -0.05) is 12.1 Å². The van der Waals surface area contributed by atoms with Crippen molar-refractivity contribution in [2.24, 2.45) is 0 Å². The predicted octanol–water partition coefficient (Wildman–Crippen LogP) is 1.86. The standard InChI is InChI=1S/C11H13BrFNO2S/c12-11-8(2-1-3-10(11)13)6-14-9-4-5-17(15,16)7-9/h1-3,9,14H,4-7H2. The van der Waals surface area contributed by atoms with Crippen LogP contribution in [-0.2, 0) is 16.4 Å². The van der Waals surface area contributed by atoms with Crippen LogP contribution in [0.2, 0.25) is 0 Å². The maximum Gasteiger partial charge on any atom is 0.151 e. The molecule has 0 radical (unpaired) electrons. The van der Waals surface area contributed by atoms with Crippen molar-refractivity contribution in [1.82, 2.24) is 5.32 Å². The highest BCUT2D eigenvalue weighted by molar-refractivity contribution is 9.10. The number of nitrogens with one attached hydrogen (secondary N) is 1. The number of sulfone groups is 1. The van der Waals surface area contributed by atoms with E-state index in [0.29, 0.717) is 17.4 Å². The SMILES string of the molecule is O=S1(=O)CCC(NCc2cccc(F)c2Br)C1. The summed E-state index contributed by atoms with van der Waals surface area (Å²) in [4.78, 5) is 0. The van der Waals surface area contributed by atoms with Crippen molar-refractivity contribution < 1.29 is 12.8 Å². The first-order chi connectivity index (χ1) is 7.98. The Morgan fingerprint density at radius 3 is 2.88 bits per heavy atom. The first-order valence-electron chi connectivity index (χ1n) is 5.34. The minimum atomic E-state index is -2.87. The lowest BCUT2D eigenvalue weighted by atomic mass is 10.2. The normalized spacial score (nSPS) is 22.8. The average Bonchev–Trinajstić information content (AvgIpc) is 2.61. The summed E-state index contributed by atoms with van der Waals surface area (Å²) in [5, 5.41) is 3.15. The molecule has 1 aliphatic rings. The van der Waals surface area contributed by atoms with Crippen molar-refractivity contribution >= 4 is 25.8 Å². The molecule has 94 valence electrons. The van der Waals surface area contributed by atoms with E-state index in [9.17, 15) is 12.8 Å². The fourth-order valence-electron chi connectivity index (χ4n) is 1.90. The molecular weight excluding hydrogens is 309 g/mol. The summed E-state index contributed by atoms with van der Waals surface area (Å²) in [7, 11) is -2.87. The van der Waals surface area contributed by atoms with Crippen LogP contribution in [-0.4, -0.2) is 26.0 Å². The second kappa shape index (κ2) is 5.04. The quantitative estimate of drug-likeness (QED) is 0.924. The van der Waals surface area contributed by atoms with Crippen LogP contribution in [0.4, 0.5) is 4.39 Å². The van der Waals surface area contributed by atoms with Gasteiger partial charge in [0.1, 0.15) is 5.82 Å². The van der Waals surface area contributed by atoms with Crippen LogP contribution in [0, 0.1) is 5.82 Å². The van der Waals surface area contributed by atoms with Crippen LogP contribution >= 0.6 is 15.9 Å². The Morgan fingerprint density at radius 2 is 2.24 bits per heavy atom. The van der Waals surface area contributed by atoms with Crippen LogP contribution in [0.25, 0.3) is 0 Å². The number of benzene rings is 1. The molecule has 0 saturated carbocycles. The first-order valence-corrected chi connectivity index (χ1v) is 7.96. The van der Waals surface area contributed by atoms with Crippen molar-refractivity contribution in [3.05, 3.63) is 34.1 Å². The lowest BCUT2D eigenvalue weighted by molar-refractivity contribution is 0.549. The van der Waals surface area contributed by atoms with Gasteiger partial charge >= 0.3 is 0 Å². The van der Waals surface area contributed by atoms with Gasteiger partial charge in [-0.15, -0.1) is 0 Å². The molecule has 1 atom stereocenters. The van der Waals surface area contributed by atoms with Gasteiger partial charge in [0.25, 0.3) is 0 Å². The van der Waals surface area contributed by atoms with E-state index in [4.69, 9.17) is 0 Å². The lowest BCUT2D eigenvalue weighted by Gasteiger charge is -2.11. The summed E-state index contributed by atoms with van der Waals surface area (Å²) < 4.78 is 36.2. The second-order valence-corrected chi connectivity index (χ2v) is 7.22. The summed E-state index contributed by atoms with van der Waals surface area (Å²) in [5.41, 5.74) is 0.800. The van der Waals surface area contributed by atoms with Gasteiger partial charge in [-0.05, 0) is 34.0 Å². The van der Waals surface area contributed by atoms with E-state index in [1.807, 2.05) is 6.07 Å². The van der Waals surface area contributed by atoms with Crippen molar-refractivity contribution in [2.75, 3.05) is 11.5 Å². The maximum absolute atomic E-state index is 13.2. The molecule has 1 N–H and O–H groups in total. The molecule has 17 heavy (non-hydrogen) atoms. The van der Waals surface area contributed by atoms with E-state index >= 15 is 0 Å². The van der Waals surface area contributed by atoms with Gasteiger partial charge in [-0.3, -0.25) is 0 Å². The molecule has 2 rings (SSSR count). The highest BCUT2D eigenvalue weighted by atomic mass is 79.9. The molecule has 1 aromatic rings. The first kappa shape index (κ1) is 13.0. The molecule has 1 heterocycles. The number of hydrogen-bond donors (Lipinski definition) is 1. The third-order valence-electron chi connectivity index (χ3n) is 2.85. The summed E-state index contributed by atoms with van der Waals surface area (Å²) in [6.07, 6.45) is 0.634. The van der Waals surface area contributed by atoms with Crippen LogP contribution in [0.3, 0.4) is 0 Å².